The van der Waals surface area contributed by atoms with Crippen molar-refractivity contribution < 1.29 is 17.9 Å². The average molecular weight is 274 g/mol. The van der Waals surface area contributed by atoms with E-state index in [2.05, 4.69) is 0 Å². The predicted molar refractivity (Wildman–Crippen MR) is 69.8 cm³/mol. The molecule has 102 valence electrons. The summed E-state index contributed by atoms with van der Waals surface area (Å²) in [6.07, 6.45) is 0.520. The molecule has 0 aliphatic heterocycles. The third-order valence-electron chi connectivity index (χ3n) is 3.18. The largest absolute Gasteiger partial charge is 0.392 e. The second-order valence-corrected chi connectivity index (χ2v) is 7.42. The lowest BCUT2D eigenvalue weighted by Gasteiger charge is -2.31. The van der Waals surface area contributed by atoms with E-state index in [9.17, 15) is 17.9 Å². The zero-order valence-electron chi connectivity index (χ0n) is 10.9. The zero-order valence-corrected chi connectivity index (χ0v) is 11.7. The van der Waals surface area contributed by atoms with E-state index in [1.165, 1.54) is 12.1 Å². The summed E-state index contributed by atoms with van der Waals surface area (Å²) in [5, 5.41) is 10.1. The number of sulfone groups is 1. The van der Waals surface area contributed by atoms with Gasteiger partial charge in [-0.05, 0) is 24.1 Å². The lowest BCUT2D eigenvalue weighted by Crippen LogP contribution is -2.35. The van der Waals surface area contributed by atoms with Crippen LogP contribution in [0.25, 0.3) is 0 Å². The van der Waals surface area contributed by atoms with E-state index in [1.54, 1.807) is 12.1 Å². The van der Waals surface area contributed by atoms with Crippen LogP contribution in [0.2, 0.25) is 0 Å². The molecule has 1 aromatic carbocycles. The van der Waals surface area contributed by atoms with Gasteiger partial charge in [-0.1, -0.05) is 26.0 Å². The molecule has 18 heavy (non-hydrogen) atoms. The standard InChI is InChI=1S/C13H19FO3S/c1-13(2,10-4-6-11(14)7-5-10)12(15)8-9-18(3,16)17/h4-7,12,15H,8-9H2,1-3H3. The molecule has 0 aliphatic carbocycles. The third kappa shape index (κ3) is 4.07. The molecular formula is C13H19FO3S. The van der Waals surface area contributed by atoms with E-state index < -0.39 is 21.4 Å². The fraction of sp³-hybridized carbons (Fsp3) is 0.538. The number of benzene rings is 1. The second kappa shape index (κ2) is 5.36. The van der Waals surface area contributed by atoms with Crippen LogP contribution in [0.15, 0.2) is 24.3 Å². The molecule has 3 nitrogen and oxygen atoms in total. The minimum Gasteiger partial charge on any atom is -0.392 e. The highest BCUT2D eigenvalue weighted by Crippen LogP contribution is 2.29. The number of aliphatic hydroxyl groups excluding tert-OH is 1. The Balaban J connectivity index is 2.82. The van der Waals surface area contributed by atoms with Crippen LogP contribution in [-0.4, -0.2) is 31.6 Å². The Labute approximate surface area is 108 Å². The third-order valence-corrected chi connectivity index (χ3v) is 4.16. The molecule has 1 unspecified atom stereocenters. The predicted octanol–water partition coefficient (Wildman–Crippen LogP) is 1.90. The summed E-state index contributed by atoms with van der Waals surface area (Å²) in [4.78, 5) is 0. The van der Waals surface area contributed by atoms with Gasteiger partial charge in [0.25, 0.3) is 0 Å². The molecule has 1 N–H and O–H groups in total. The number of aliphatic hydroxyl groups is 1. The van der Waals surface area contributed by atoms with Crippen LogP contribution in [0.4, 0.5) is 4.39 Å². The van der Waals surface area contributed by atoms with Crippen molar-refractivity contribution in [1.29, 1.82) is 0 Å². The molecule has 0 aromatic heterocycles. The number of hydrogen-bond acceptors (Lipinski definition) is 3. The van der Waals surface area contributed by atoms with Crippen molar-refractivity contribution in [2.45, 2.75) is 31.8 Å². The molecule has 0 amide bonds. The van der Waals surface area contributed by atoms with Gasteiger partial charge in [-0.15, -0.1) is 0 Å². The van der Waals surface area contributed by atoms with Gasteiger partial charge in [0.1, 0.15) is 15.7 Å². The summed E-state index contributed by atoms with van der Waals surface area (Å²) >= 11 is 0. The molecular weight excluding hydrogens is 255 g/mol. The van der Waals surface area contributed by atoms with Gasteiger partial charge < -0.3 is 5.11 Å². The highest BCUT2D eigenvalue weighted by molar-refractivity contribution is 7.90. The molecule has 0 spiro atoms. The van der Waals surface area contributed by atoms with Crippen LogP contribution >= 0.6 is 0 Å². The maximum Gasteiger partial charge on any atom is 0.147 e. The van der Waals surface area contributed by atoms with Crippen molar-refractivity contribution in [2.24, 2.45) is 0 Å². The van der Waals surface area contributed by atoms with Crippen molar-refractivity contribution in [3.05, 3.63) is 35.6 Å². The summed E-state index contributed by atoms with van der Waals surface area (Å²) in [5.41, 5.74) is 0.170. The van der Waals surface area contributed by atoms with Gasteiger partial charge in [-0.2, -0.15) is 0 Å². The first-order chi connectivity index (χ1) is 8.13. The Morgan fingerprint density at radius 1 is 1.28 bits per heavy atom. The van der Waals surface area contributed by atoms with Crippen molar-refractivity contribution in [3.8, 4) is 0 Å². The van der Waals surface area contributed by atoms with Crippen molar-refractivity contribution >= 4 is 9.84 Å². The molecule has 1 atom stereocenters. The topological polar surface area (TPSA) is 54.4 Å². The lowest BCUT2D eigenvalue weighted by atomic mass is 9.78. The molecule has 0 saturated heterocycles. The molecule has 1 aromatic rings. The van der Waals surface area contributed by atoms with Crippen molar-refractivity contribution in [1.82, 2.24) is 0 Å². The fourth-order valence-electron chi connectivity index (χ4n) is 1.76. The van der Waals surface area contributed by atoms with Gasteiger partial charge in [0.2, 0.25) is 0 Å². The Morgan fingerprint density at radius 3 is 2.22 bits per heavy atom. The maximum atomic E-state index is 12.8. The van der Waals surface area contributed by atoms with Gasteiger partial charge in [-0.25, -0.2) is 12.8 Å². The van der Waals surface area contributed by atoms with E-state index in [4.69, 9.17) is 0 Å². The van der Waals surface area contributed by atoms with Crippen LogP contribution in [0.1, 0.15) is 25.8 Å². The first kappa shape index (κ1) is 15.1. The quantitative estimate of drug-likeness (QED) is 0.892. The molecule has 0 bridgehead atoms. The molecule has 0 heterocycles. The first-order valence-corrected chi connectivity index (χ1v) is 7.81. The smallest absolute Gasteiger partial charge is 0.147 e. The Bertz CT molecular complexity index is 491. The van der Waals surface area contributed by atoms with Gasteiger partial charge >= 0.3 is 0 Å². The van der Waals surface area contributed by atoms with E-state index in [-0.39, 0.29) is 18.0 Å². The normalized spacial score (nSPS) is 14.5. The van der Waals surface area contributed by atoms with Gasteiger partial charge in [-0.3, -0.25) is 0 Å². The number of halogens is 1. The van der Waals surface area contributed by atoms with Crippen LogP contribution < -0.4 is 0 Å². The Morgan fingerprint density at radius 2 is 1.78 bits per heavy atom. The molecule has 0 saturated carbocycles. The van der Waals surface area contributed by atoms with E-state index in [0.717, 1.165) is 11.8 Å². The molecule has 0 fully saturated rings. The maximum absolute atomic E-state index is 12.8. The van der Waals surface area contributed by atoms with E-state index >= 15 is 0 Å². The summed E-state index contributed by atoms with van der Waals surface area (Å²) < 4.78 is 35.0. The molecule has 0 radical (unpaired) electrons. The summed E-state index contributed by atoms with van der Waals surface area (Å²) in [6.45, 7) is 3.63. The summed E-state index contributed by atoms with van der Waals surface area (Å²) in [7, 11) is -3.09. The highest BCUT2D eigenvalue weighted by Gasteiger charge is 2.30. The molecule has 0 aliphatic rings. The van der Waals surface area contributed by atoms with Gasteiger partial charge in [0.05, 0.1) is 11.9 Å². The minimum atomic E-state index is -3.09. The lowest BCUT2D eigenvalue weighted by molar-refractivity contribution is 0.0967. The van der Waals surface area contributed by atoms with Crippen LogP contribution in [0, 0.1) is 5.82 Å². The van der Waals surface area contributed by atoms with E-state index in [0.29, 0.717) is 0 Å². The van der Waals surface area contributed by atoms with Gasteiger partial charge in [0, 0.05) is 11.7 Å². The molecule has 5 heteroatoms. The SMILES string of the molecule is CC(C)(c1ccc(F)cc1)C(O)CCS(C)(=O)=O. The van der Waals surface area contributed by atoms with E-state index in [1.807, 2.05) is 13.8 Å². The monoisotopic (exact) mass is 274 g/mol. The van der Waals surface area contributed by atoms with Crippen LogP contribution in [-0.2, 0) is 15.3 Å². The second-order valence-electron chi connectivity index (χ2n) is 5.16. The first-order valence-electron chi connectivity index (χ1n) is 5.75. The zero-order chi connectivity index (χ0) is 14.0. The Hall–Kier alpha value is -0.940. The van der Waals surface area contributed by atoms with Crippen LogP contribution in [0.3, 0.4) is 0 Å². The summed E-state index contributed by atoms with van der Waals surface area (Å²) in [6, 6.07) is 5.89. The number of hydrogen-bond donors (Lipinski definition) is 1. The van der Waals surface area contributed by atoms with Crippen molar-refractivity contribution in [3.63, 3.8) is 0 Å². The fourth-order valence-corrected chi connectivity index (χ4v) is 2.41. The summed E-state index contributed by atoms with van der Waals surface area (Å²) in [5.74, 6) is -0.390. The number of rotatable bonds is 5. The Kier molecular flexibility index (Phi) is 4.50. The van der Waals surface area contributed by atoms with Gasteiger partial charge in [0.15, 0.2) is 0 Å². The average Bonchev–Trinajstić information content (AvgIpc) is 2.25. The van der Waals surface area contributed by atoms with Crippen LogP contribution in [0.5, 0.6) is 0 Å². The highest BCUT2D eigenvalue weighted by atomic mass is 32.2. The molecule has 1 rings (SSSR count). The minimum absolute atomic E-state index is 0.0568. The van der Waals surface area contributed by atoms with Crippen molar-refractivity contribution in [2.75, 3.05) is 12.0 Å².